The number of hydrogen-bond acceptors (Lipinski definition) is 2. The third kappa shape index (κ3) is 1.30. The van der Waals surface area contributed by atoms with Gasteiger partial charge in [0.15, 0.2) is 0 Å². The molecule has 0 aromatic carbocycles. The van der Waals surface area contributed by atoms with E-state index in [0.29, 0.717) is 13.0 Å². The van der Waals surface area contributed by atoms with Gasteiger partial charge in [0.25, 0.3) is 0 Å². The second kappa shape index (κ2) is 2.37. The summed E-state index contributed by atoms with van der Waals surface area (Å²) in [5.74, 6) is 0. The zero-order chi connectivity index (χ0) is 8.65. The molecule has 0 aromatic rings. The Kier molecular flexibility index (Phi) is 1.80. The van der Waals surface area contributed by atoms with Gasteiger partial charge >= 0.3 is 6.09 Å². The summed E-state index contributed by atoms with van der Waals surface area (Å²) in [6.45, 7) is 3.82. The molecule has 1 fully saturated rings. The van der Waals surface area contributed by atoms with Gasteiger partial charge in [-0.2, -0.15) is 0 Å². The molecule has 64 valence electrons. The Morgan fingerprint density at radius 1 is 1.73 bits per heavy atom. The number of carboxylic acid groups (broad SMARTS) is 1. The average molecular weight is 159 g/mol. The highest BCUT2D eigenvalue weighted by Crippen LogP contribution is 2.27. The van der Waals surface area contributed by atoms with Crippen molar-refractivity contribution in [3.63, 3.8) is 0 Å². The summed E-state index contributed by atoms with van der Waals surface area (Å²) in [5.41, 5.74) is -0.849. The first-order chi connectivity index (χ1) is 4.95. The molecular weight excluding hydrogens is 146 g/mol. The Balaban J connectivity index is 2.71. The largest absolute Gasteiger partial charge is 0.465 e. The van der Waals surface area contributed by atoms with E-state index in [9.17, 15) is 9.90 Å². The molecule has 2 atom stereocenters. The number of carbonyl (C=O) groups is 1. The van der Waals surface area contributed by atoms with Crippen molar-refractivity contribution >= 4 is 6.09 Å². The molecule has 1 heterocycles. The van der Waals surface area contributed by atoms with E-state index in [4.69, 9.17) is 5.11 Å². The maximum atomic E-state index is 10.5. The number of amides is 1. The molecule has 1 saturated heterocycles. The number of rotatable bonds is 0. The van der Waals surface area contributed by atoms with Crippen LogP contribution in [-0.4, -0.2) is 39.4 Å². The maximum absolute atomic E-state index is 10.5. The van der Waals surface area contributed by atoms with E-state index >= 15 is 0 Å². The average Bonchev–Trinajstić information content (AvgIpc) is 2.09. The molecule has 2 N–H and O–H groups in total. The minimum absolute atomic E-state index is 0.292. The van der Waals surface area contributed by atoms with Crippen molar-refractivity contribution in [1.82, 2.24) is 4.90 Å². The van der Waals surface area contributed by atoms with Crippen LogP contribution in [0.2, 0.25) is 0 Å². The molecule has 0 radical (unpaired) electrons. The molecule has 0 spiro atoms. The first-order valence-electron chi connectivity index (χ1n) is 3.67. The minimum atomic E-state index is -0.949. The molecule has 0 aromatic heterocycles. The van der Waals surface area contributed by atoms with E-state index in [-0.39, 0.29) is 6.04 Å². The van der Waals surface area contributed by atoms with Gasteiger partial charge in [-0.25, -0.2) is 4.79 Å². The summed E-state index contributed by atoms with van der Waals surface area (Å²) < 4.78 is 0. The van der Waals surface area contributed by atoms with E-state index in [2.05, 4.69) is 0 Å². The van der Waals surface area contributed by atoms with E-state index in [1.165, 1.54) is 4.90 Å². The van der Waals surface area contributed by atoms with Gasteiger partial charge in [0, 0.05) is 6.54 Å². The van der Waals surface area contributed by atoms with E-state index in [1.54, 1.807) is 13.8 Å². The van der Waals surface area contributed by atoms with Crippen LogP contribution in [-0.2, 0) is 0 Å². The standard InChI is InChI=1S/C7H13NO3/c1-5-7(2,11)3-4-8(5)6(9)10/h5,11H,3-4H2,1-2H3,(H,9,10)/t5-,7-/m0/s1. The quantitative estimate of drug-likeness (QED) is 0.541. The smallest absolute Gasteiger partial charge is 0.407 e. The molecule has 4 nitrogen and oxygen atoms in total. The molecule has 1 aliphatic heterocycles. The van der Waals surface area contributed by atoms with Gasteiger partial charge in [-0.05, 0) is 20.3 Å². The monoisotopic (exact) mass is 159 g/mol. The van der Waals surface area contributed by atoms with Gasteiger partial charge in [0.2, 0.25) is 0 Å². The van der Waals surface area contributed by atoms with Gasteiger partial charge < -0.3 is 15.1 Å². The van der Waals surface area contributed by atoms with Crippen LogP contribution >= 0.6 is 0 Å². The third-order valence-electron chi connectivity index (χ3n) is 2.47. The predicted molar refractivity (Wildman–Crippen MR) is 39.4 cm³/mol. The highest BCUT2D eigenvalue weighted by molar-refractivity contribution is 5.66. The summed E-state index contributed by atoms with van der Waals surface area (Å²) in [7, 11) is 0. The topological polar surface area (TPSA) is 60.8 Å². The fourth-order valence-corrected chi connectivity index (χ4v) is 1.35. The number of hydrogen-bond donors (Lipinski definition) is 2. The first kappa shape index (κ1) is 8.33. The van der Waals surface area contributed by atoms with Crippen LogP contribution in [0.4, 0.5) is 4.79 Å². The predicted octanol–water partition coefficient (Wildman–Crippen LogP) is 0.510. The fraction of sp³-hybridized carbons (Fsp3) is 0.857. The van der Waals surface area contributed by atoms with Crippen LogP contribution in [0.3, 0.4) is 0 Å². The van der Waals surface area contributed by atoms with Gasteiger partial charge in [-0.3, -0.25) is 0 Å². The zero-order valence-corrected chi connectivity index (χ0v) is 6.74. The van der Waals surface area contributed by atoms with Crippen LogP contribution < -0.4 is 0 Å². The van der Waals surface area contributed by atoms with Crippen LogP contribution in [0.5, 0.6) is 0 Å². The second-order valence-electron chi connectivity index (χ2n) is 3.26. The Hall–Kier alpha value is -0.770. The Bertz CT molecular complexity index is 179. The molecule has 4 heteroatoms. The second-order valence-corrected chi connectivity index (χ2v) is 3.26. The summed E-state index contributed by atoms with van der Waals surface area (Å²) >= 11 is 0. The van der Waals surface area contributed by atoms with Crippen molar-refractivity contribution in [1.29, 1.82) is 0 Å². The van der Waals surface area contributed by atoms with Gasteiger partial charge in [0.1, 0.15) is 0 Å². The maximum Gasteiger partial charge on any atom is 0.407 e. The van der Waals surface area contributed by atoms with Crippen LogP contribution in [0.25, 0.3) is 0 Å². The van der Waals surface area contributed by atoms with Crippen LogP contribution in [0.1, 0.15) is 20.3 Å². The summed E-state index contributed by atoms with van der Waals surface area (Å²) in [6, 6.07) is -0.292. The van der Waals surface area contributed by atoms with Crippen LogP contribution in [0, 0.1) is 0 Å². The number of aliphatic hydroxyl groups is 1. The van der Waals surface area contributed by atoms with Gasteiger partial charge in [-0.1, -0.05) is 0 Å². The SMILES string of the molecule is C[C@@H]1N(C(=O)O)CC[C@]1(C)O. The van der Waals surface area contributed by atoms with Crippen molar-refractivity contribution in [2.45, 2.75) is 31.9 Å². The van der Waals surface area contributed by atoms with Crippen molar-refractivity contribution in [2.24, 2.45) is 0 Å². The minimum Gasteiger partial charge on any atom is -0.465 e. The van der Waals surface area contributed by atoms with E-state index in [1.807, 2.05) is 0 Å². The van der Waals surface area contributed by atoms with Crippen molar-refractivity contribution < 1.29 is 15.0 Å². The molecule has 0 unspecified atom stereocenters. The van der Waals surface area contributed by atoms with Crippen molar-refractivity contribution in [2.75, 3.05) is 6.54 Å². The van der Waals surface area contributed by atoms with Gasteiger partial charge in [-0.15, -0.1) is 0 Å². The Morgan fingerprint density at radius 2 is 2.27 bits per heavy atom. The molecule has 0 aliphatic carbocycles. The lowest BCUT2D eigenvalue weighted by atomic mass is 9.99. The number of nitrogens with zero attached hydrogens (tertiary/aromatic N) is 1. The molecular formula is C7H13NO3. The highest BCUT2D eigenvalue weighted by atomic mass is 16.4. The lowest BCUT2D eigenvalue weighted by molar-refractivity contribution is 0.0292. The Labute approximate surface area is 65.4 Å². The fourth-order valence-electron chi connectivity index (χ4n) is 1.35. The lowest BCUT2D eigenvalue weighted by Crippen LogP contribution is -2.42. The van der Waals surface area contributed by atoms with E-state index < -0.39 is 11.7 Å². The lowest BCUT2D eigenvalue weighted by Gasteiger charge is -2.25. The summed E-state index contributed by atoms with van der Waals surface area (Å²) in [5, 5.41) is 18.2. The highest BCUT2D eigenvalue weighted by Gasteiger charge is 2.41. The molecule has 1 amide bonds. The molecule has 0 bridgehead atoms. The van der Waals surface area contributed by atoms with Crippen molar-refractivity contribution in [3.05, 3.63) is 0 Å². The normalized spacial score (nSPS) is 37.7. The zero-order valence-electron chi connectivity index (χ0n) is 6.74. The van der Waals surface area contributed by atoms with Crippen molar-refractivity contribution in [3.8, 4) is 0 Å². The third-order valence-corrected chi connectivity index (χ3v) is 2.47. The summed E-state index contributed by atoms with van der Waals surface area (Å²) in [6.07, 6.45) is -0.421. The molecule has 1 aliphatic rings. The molecule has 11 heavy (non-hydrogen) atoms. The first-order valence-corrected chi connectivity index (χ1v) is 3.67. The summed E-state index contributed by atoms with van der Waals surface area (Å²) in [4.78, 5) is 11.8. The molecule has 0 saturated carbocycles. The van der Waals surface area contributed by atoms with E-state index in [0.717, 1.165) is 0 Å². The molecule has 1 rings (SSSR count). The number of likely N-dealkylation sites (tertiary alicyclic amines) is 1. The Morgan fingerprint density at radius 3 is 2.45 bits per heavy atom. The van der Waals surface area contributed by atoms with Crippen LogP contribution in [0.15, 0.2) is 0 Å². The van der Waals surface area contributed by atoms with Gasteiger partial charge in [0.05, 0.1) is 11.6 Å².